The van der Waals surface area contributed by atoms with Gasteiger partial charge in [0.25, 0.3) is 0 Å². The molecule has 0 amide bonds. The predicted octanol–water partition coefficient (Wildman–Crippen LogP) is 16.4. The Morgan fingerprint density at radius 3 is 1.92 bits per heavy atom. The summed E-state index contributed by atoms with van der Waals surface area (Å²) < 4.78 is 1.25. The Hall–Kier alpha value is -3.41. The first-order chi connectivity index (χ1) is 27.3. The van der Waals surface area contributed by atoms with Gasteiger partial charge in [0.05, 0.1) is 0 Å². The first-order valence-corrected chi connectivity index (χ1v) is 22.9. The Kier molecular flexibility index (Phi) is 16.0. The molecule has 0 aliphatic carbocycles. The molecule has 1 N–H and O–H groups in total. The van der Waals surface area contributed by atoms with E-state index < -0.39 is 0 Å². The van der Waals surface area contributed by atoms with E-state index in [4.69, 9.17) is 4.98 Å². The van der Waals surface area contributed by atoms with Crippen molar-refractivity contribution in [2.24, 2.45) is 16.7 Å². The first kappa shape index (κ1) is 48.3. The minimum atomic E-state index is -0.337. The van der Waals surface area contributed by atoms with Gasteiger partial charge in [-0.05, 0) is 103 Å². The molecule has 6 heteroatoms. The van der Waals surface area contributed by atoms with E-state index in [9.17, 15) is 9.90 Å². The molecule has 0 fully saturated rings. The third-order valence-electron chi connectivity index (χ3n) is 12.8. The van der Waals surface area contributed by atoms with Crippen LogP contribution < -0.4 is 0 Å². The minimum absolute atomic E-state index is 0. The van der Waals surface area contributed by atoms with Gasteiger partial charge in [0, 0.05) is 68.2 Å². The standard InChI is InChI=1S/C38H38NS2.C15H28O2.Ir/c1-22(2)19-26-13-15-27(16-14-26)34-23(3)24(4)35(40-34)36-25(5)30-17-18-39-33(37(30)41-36)29-20-28-11-9-10-12-31(28)32(21-29)38(6,7)8;1-7-14(5,8-2)12(16)11-13(17)15(6,9-3)10-4;/h9-18,21-22H,19H2,1-8H3;11,16H,7-10H2,1-6H3;/q-1;;/b;12-11-;. The van der Waals surface area contributed by atoms with Crippen molar-refractivity contribution in [2.45, 2.75) is 134 Å². The molecular formula is C53H66IrNO2S2-. The van der Waals surface area contributed by atoms with Crippen molar-refractivity contribution in [3.8, 4) is 31.5 Å². The van der Waals surface area contributed by atoms with Crippen LogP contribution in [0.1, 0.15) is 130 Å². The number of rotatable bonds is 12. The topological polar surface area (TPSA) is 50.2 Å². The predicted molar refractivity (Wildman–Crippen MR) is 255 cm³/mol. The zero-order valence-corrected chi connectivity index (χ0v) is 42.0. The third-order valence-corrected chi connectivity index (χ3v) is 15.7. The fraction of sp³-hybridized carbons (Fsp3) is 0.434. The van der Waals surface area contributed by atoms with Gasteiger partial charge in [-0.1, -0.05) is 130 Å². The number of hydrogen-bond donors (Lipinski definition) is 1. The van der Waals surface area contributed by atoms with Crippen LogP contribution in [0.25, 0.3) is 52.3 Å². The molecule has 3 nitrogen and oxygen atoms in total. The van der Waals surface area contributed by atoms with E-state index >= 15 is 0 Å². The smallest absolute Gasteiger partial charge is 0.164 e. The van der Waals surface area contributed by atoms with Gasteiger partial charge in [-0.2, -0.15) is 0 Å². The first-order valence-electron chi connectivity index (χ1n) is 21.3. The summed E-state index contributed by atoms with van der Waals surface area (Å²) in [6, 6.07) is 26.1. The molecule has 3 heterocycles. The van der Waals surface area contributed by atoms with E-state index in [0.717, 1.165) is 48.7 Å². The number of benzene rings is 3. The van der Waals surface area contributed by atoms with Crippen LogP contribution in [-0.2, 0) is 36.7 Å². The Balaban J connectivity index is 0.000000364. The van der Waals surface area contributed by atoms with Gasteiger partial charge in [0.1, 0.15) is 5.76 Å². The number of fused-ring (bicyclic) bond motifs is 2. The van der Waals surface area contributed by atoms with Gasteiger partial charge in [-0.3, -0.25) is 9.78 Å². The number of thiophene rings is 2. The van der Waals surface area contributed by atoms with Crippen LogP contribution >= 0.6 is 22.7 Å². The molecule has 317 valence electrons. The van der Waals surface area contributed by atoms with E-state index in [2.05, 4.69) is 122 Å². The number of carbonyl (C=O) groups excluding carboxylic acids is 1. The monoisotopic (exact) mass is 1010 g/mol. The molecule has 3 aromatic heterocycles. The molecular weight excluding hydrogens is 939 g/mol. The number of hydrogen-bond acceptors (Lipinski definition) is 5. The maximum absolute atomic E-state index is 12.2. The Morgan fingerprint density at radius 1 is 0.763 bits per heavy atom. The molecule has 0 saturated carbocycles. The summed E-state index contributed by atoms with van der Waals surface area (Å²) in [5.74, 6) is 0.953. The van der Waals surface area contributed by atoms with Gasteiger partial charge >= 0.3 is 0 Å². The molecule has 0 spiro atoms. The number of nitrogens with zero attached hydrogens (tertiary/aromatic N) is 1. The summed E-state index contributed by atoms with van der Waals surface area (Å²) in [4.78, 5) is 21.3. The van der Waals surface area contributed by atoms with Crippen LogP contribution in [-0.4, -0.2) is 15.9 Å². The number of aryl methyl sites for hydroxylation is 1. The molecule has 0 bridgehead atoms. The molecule has 0 unspecified atom stereocenters. The average molecular weight is 1010 g/mol. The number of pyridine rings is 1. The molecule has 0 atom stereocenters. The van der Waals surface area contributed by atoms with Crippen LogP contribution in [0.4, 0.5) is 0 Å². The molecule has 3 aromatic carbocycles. The largest absolute Gasteiger partial charge is 0.512 e. The summed E-state index contributed by atoms with van der Waals surface area (Å²) in [5.41, 5.74) is 9.69. The fourth-order valence-electron chi connectivity index (χ4n) is 7.57. The number of aromatic nitrogens is 1. The van der Waals surface area contributed by atoms with E-state index in [1.165, 1.54) is 69.6 Å². The molecule has 59 heavy (non-hydrogen) atoms. The summed E-state index contributed by atoms with van der Waals surface area (Å²) in [7, 11) is 0. The van der Waals surface area contributed by atoms with E-state index in [0.29, 0.717) is 5.92 Å². The second kappa shape index (κ2) is 19.5. The van der Waals surface area contributed by atoms with Crippen LogP contribution in [0.15, 0.2) is 78.7 Å². The van der Waals surface area contributed by atoms with E-state index in [1.807, 2.05) is 70.4 Å². The molecule has 1 radical (unpaired) electrons. The van der Waals surface area contributed by atoms with Crippen LogP contribution in [0, 0.1) is 43.6 Å². The van der Waals surface area contributed by atoms with Crippen molar-refractivity contribution < 1.29 is 30.0 Å². The minimum Gasteiger partial charge on any atom is -0.512 e. The summed E-state index contributed by atoms with van der Waals surface area (Å²) in [6.45, 7) is 30.3. The van der Waals surface area contributed by atoms with Crippen LogP contribution in [0.5, 0.6) is 0 Å². The van der Waals surface area contributed by atoms with Crippen LogP contribution in [0.2, 0.25) is 0 Å². The van der Waals surface area contributed by atoms with Crippen molar-refractivity contribution in [1.82, 2.24) is 4.98 Å². The number of aliphatic hydroxyl groups is 1. The zero-order chi connectivity index (χ0) is 42.7. The van der Waals surface area contributed by atoms with Gasteiger partial charge < -0.3 is 5.11 Å². The number of ketones is 1. The molecule has 6 aromatic rings. The quantitative estimate of drug-likeness (QED) is 0.0755. The summed E-state index contributed by atoms with van der Waals surface area (Å²) >= 11 is 3.82. The van der Waals surface area contributed by atoms with Crippen molar-refractivity contribution in [3.05, 3.63) is 113 Å². The number of carbonyl (C=O) groups is 1. The second-order valence-corrected chi connectivity index (χ2v) is 20.3. The fourth-order valence-corrected chi connectivity index (χ4v) is 10.4. The molecule has 6 rings (SSSR count). The van der Waals surface area contributed by atoms with Gasteiger partial charge in [0.15, 0.2) is 5.78 Å². The van der Waals surface area contributed by atoms with Crippen LogP contribution in [0.3, 0.4) is 0 Å². The zero-order valence-electron chi connectivity index (χ0n) is 38.0. The van der Waals surface area contributed by atoms with Crippen molar-refractivity contribution in [3.63, 3.8) is 0 Å². The molecule has 0 saturated heterocycles. The Morgan fingerprint density at radius 2 is 1.34 bits per heavy atom. The van der Waals surface area contributed by atoms with Gasteiger partial charge in [-0.15, -0.1) is 51.8 Å². The van der Waals surface area contributed by atoms with Crippen molar-refractivity contribution >= 4 is 49.3 Å². The molecule has 0 aliphatic heterocycles. The summed E-state index contributed by atoms with van der Waals surface area (Å²) in [6.07, 6.45) is 7.85. The SMILES string of the molecule is CCC(C)(CC)C(=O)/C=C(\O)C(C)(CC)CC.Cc1c(-c2ccc(CC(C)C)cc2)sc(-c2sc3c(-c4[c-]c5ccccc5c(C(C)(C)C)c4)nccc3c2C)c1C.[Ir]. The maximum Gasteiger partial charge on any atom is 0.164 e. The average Bonchev–Trinajstić information content (AvgIpc) is 3.70. The number of allylic oxidation sites excluding steroid dienone is 2. The number of aliphatic hydroxyl groups excluding tert-OH is 1. The third kappa shape index (κ3) is 10.2. The van der Waals surface area contributed by atoms with Crippen molar-refractivity contribution in [2.75, 3.05) is 0 Å². The van der Waals surface area contributed by atoms with E-state index in [1.54, 1.807) is 0 Å². The van der Waals surface area contributed by atoms with E-state index in [-0.39, 0.29) is 47.9 Å². The van der Waals surface area contributed by atoms with Gasteiger partial charge in [0.2, 0.25) is 0 Å². The summed E-state index contributed by atoms with van der Waals surface area (Å²) in [5, 5.41) is 13.8. The van der Waals surface area contributed by atoms with Gasteiger partial charge in [-0.25, -0.2) is 0 Å². The Bertz CT molecular complexity index is 2410. The normalized spacial score (nSPS) is 12.5. The second-order valence-electron chi connectivity index (χ2n) is 18.2. The Labute approximate surface area is 377 Å². The van der Waals surface area contributed by atoms with Crippen molar-refractivity contribution in [1.29, 1.82) is 0 Å². The molecule has 0 aliphatic rings. The maximum atomic E-state index is 12.2.